The van der Waals surface area contributed by atoms with E-state index in [0.717, 1.165) is 5.56 Å². The molecule has 1 fully saturated rings. The maximum atomic E-state index is 13.2. The molecule has 1 atom stereocenters. The summed E-state index contributed by atoms with van der Waals surface area (Å²) >= 11 is 1.20. The van der Waals surface area contributed by atoms with Crippen molar-refractivity contribution in [1.29, 1.82) is 0 Å². The third-order valence-corrected chi connectivity index (χ3v) is 5.25. The van der Waals surface area contributed by atoms with E-state index >= 15 is 0 Å². The first-order valence-electron chi connectivity index (χ1n) is 8.79. The molecule has 5 nitrogen and oxygen atoms in total. The third kappa shape index (κ3) is 4.95. The summed E-state index contributed by atoms with van der Waals surface area (Å²) in [6.45, 7) is 2.50. The third-order valence-electron chi connectivity index (χ3n) is 4.07. The first-order chi connectivity index (χ1) is 13.5. The van der Waals surface area contributed by atoms with Crippen LogP contribution in [0.25, 0.3) is 0 Å². The zero-order valence-corrected chi connectivity index (χ0v) is 16.0. The number of thioether (sulfide) groups is 1. The van der Waals surface area contributed by atoms with E-state index in [1.54, 1.807) is 12.1 Å². The van der Waals surface area contributed by atoms with Crippen LogP contribution < -0.4 is 5.32 Å². The van der Waals surface area contributed by atoms with E-state index in [9.17, 15) is 18.4 Å². The van der Waals surface area contributed by atoms with Crippen LogP contribution in [0.5, 0.6) is 0 Å². The highest BCUT2D eigenvalue weighted by Crippen LogP contribution is 2.32. The monoisotopic (exact) mass is 403 g/mol. The fourth-order valence-electron chi connectivity index (χ4n) is 2.71. The van der Waals surface area contributed by atoms with E-state index in [1.165, 1.54) is 53.1 Å². The van der Waals surface area contributed by atoms with Gasteiger partial charge in [0.15, 0.2) is 5.17 Å². The summed E-state index contributed by atoms with van der Waals surface area (Å²) in [5.41, 5.74) is 1.24. The van der Waals surface area contributed by atoms with E-state index in [4.69, 9.17) is 0 Å². The molecule has 2 aromatic carbocycles. The number of nitrogens with one attached hydrogen (secondary N) is 1. The molecule has 1 saturated heterocycles. The van der Waals surface area contributed by atoms with Crippen LogP contribution in [-0.2, 0) is 16.1 Å². The van der Waals surface area contributed by atoms with Crippen molar-refractivity contribution >= 4 is 34.4 Å². The molecule has 2 aromatic rings. The van der Waals surface area contributed by atoms with Gasteiger partial charge in [-0.25, -0.2) is 13.8 Å². The minimum Gasteiger partial charge on any atom is -0.356 e. The molecule has 1 aliphatic rings. The molecule has 0 aliphatic carbocycles. The summed E-state index contributed by atoms with van der Waals surface area (Å²) < 4.78 is 26.3. The Bertz CT molecular complexity index is 885. The summed E-state index contributed by atoms with van der Waals surface area (Å²) in [7, 11) is 0. The number of hydrogen-bond acceptors (Lipinski definition) is 4. The van der Waals surface area contributed by atoms with Crippen molar-refractivity contribution in [3.05, 3.63) is 65.7 Å². The van der Waals surface area contributed by atoms with Gasteiger partial charge in [-0.2, -0.15) is 0 Å². The van der Waals surface area contributed by atoms with Gasteiger partial charge in [0.25, 0.3) is 0 Å². The Morgan fingerprint density at radius 2 is 1.71 bits per heavy atom. The van der Waals surface area contributed by atoms with Gasteiger partial charge < -0.3 is 5.32 Å². The van der Waals surface area contributed by atoms with E-state index in [2.05, 4.69) is 10.3 Å². The van der Waals surface area contributed by atoms with Crippen LogP contribution in [0.1, 0.15) is 18.9 Å². The Labute approximate surface area is 165 Å². The average Bonchev–Trinajstić information content (AvgIpc) is 2.94. The molecule has 0 saturated carbocycles. The lowest BCUT2D eigenvalue weighted by Crippen LogP contribution is -2.34. The number of nitrogens with zero attached hydrogens (tertiary/aromatic N) is 2. The van der Waals surface area contributed by atoms with Crippen LogP contribution in [0.2, 0.25) is 0 Å². The van der Waals surface area contributed by atoms with E-state index in [-0.39, 0.29) is 36.4 Å². The highest BCUT2D eigenvalue weighted by atomic mass is 32.2. The van der Waals surface area contributed by atoms with Crippen LogP contribution in [0, 0.1) is 11.6 Å². The molecule has 28 heavy (non-hydrogen) atoms. The summed E-state index contributed by atoms with van der Waals surface area (Å²) in [4.78, 5) is 30.8. The van der Waals surface area contributed by atoms with Gasteiger partial charge in [0.1, 0.15) is 16.9 Å². The number of benzene rings is 2. The van der Waals surface area contributed by atoms with Gasteiger partial charge in [-0.05, 0) is 48.9 Å². The highest BCUT2D eigenvalue weighted by Gasteiger charge is 2.39. The second-order valence-electron chi connectivity index (χ2n) is 6.19. The van der Waals surface area contributed by atoms with E-state index in [0.29, 0.717) is 17.4 Å². The molecule has 1 N–H and O–H groups in total. The number of halogens is 2. The maximum absolute atomic E-state index is 13.2. The normalized spacial score (nSPS) is 18.0. The lowest BCUT2D eigenvalue weighted by Gasteiger charge is -2.16. The summed E-state index contributed by atoms with van der Waals surface area (Å²) in [6, 6.07) is 11.5. The van der Waals surface area contributed by atoms with Crippen LogP contribution in [0.3, 0.4) is 0 Å². The van der Waals surface area contributed by atoms with Crippen LogP contribution in [-0.4, -0.2) is 33.7 Å². The van der Waals surface area contributed by atoms with Crippen molar-refractivity contribution in [2.75, 3.05) is 6.54 Å². The van der Waals surface area contributed by atoms with Crippen LogP contribution in [0.15, 0.2) is 53.5 Å². The number of amidine groups is 1. The highest BCUT2D eigenvalue weighted by molar-refractivity contribution is 8.15. The molecule has 1 aliphatic heterocycles. The Morgan fingerprint density at radius 3 is 2.32 bits per heavy atom. The smallest absolute Gasteiger partial charge is 0.242 e. The summed E-state index contributed by atoms with van der Waals surface area (Å²) in [5, 5.41) is 2.52. The molecular weight excluding hydrogens is 384 g/mol. The van der Waals surface area contributed by atoms with Gasteiger partial charge in [-0.1, -0.05) is 23.9 Å². The maximum Gasteiger partial charge on any atom is 0.242 e. The van der Waals surface area contributed by atoms with Crippen LogP contribution in [0.4, 0.5) is 14.5 Å². The number of hydrogen-bond donors (Lipinski definition) is 1. The molecule has 2 amide bonds. The summed E-state index contributed by atoms with van der Waals surface area (Å²) in [5.74, 6) is -1.18. The molecule has 3 rings (SSSR count). The van der Waals surface area contributed by atoms with Gasteiger partial charge in [0.2, 0.25) is 11.8 Å². The Morgan fingerprint density at radius 1 is 1.11 bits per heavy atom. The van der Waals surface area contributed by atoms with Gasteiger partial charge in [-0.15, -0.1) is 0 Å². The standard InChI is InChI=1S/C20H19F2N3O2S/c1-2-23-18(26)11-17-19(27)25(12-13-3-5-14(21)6-4-13)20(28-17)24-16-9-7-15(22)8-10-16/h3-10,17H,2,11-12H2,1H3,(H,23,26). The largest absolute Gasteiger partial charge is 0.356 e. The fraction of sp³-hybridized carbons (Fsp3) is 0.250. The molecule has 1 unspecified atom stereocenters. The quantitative estimate of drug-likeness (QED) is 0.801. The van der Waals surface area contributed by atoms with Crippen molar-refractivity contribution in [3.8, 4) is 0 Å². The van der Waals surface area contributed by atoms with E-state index in [1.807, 2.05) is 6.92 Å². The Hall–Kier alpha value is -2.74. The molecule has 0 bridgehead atoms. The molecule has 0 radical (unpaired) electrons. The fourth-order valence-corrected chi connectivity index (χ4v) is 3.86. The minimum absolute atomic E-state index is 0.0414. The van der Waals surface area contributed by atoms with Crippen molar-refractivity contribution in [2.24, 2.45) is 4.99 Å². The molecule has 146 valence electrons. The van der Waals surface area contributed by atoms with Gasteiger partial charge >= 0.3 is 0 Å². The summed E-state index contributed by atoms with van der Waals surface area (Å²) in [6.07, 6.45) is 0.0414. The molecule has 0 spiro atoms. The topological polar surface area (TPSA) is 61.8 Å². The average molecular weight is 403 g/mol. The van der Waals surface area contributed by atoms with Crippen molar-refractivity contribution in [2.45, 2.75) is 25.1 Å². The predicted molar refractivity (Wildman–Crippen MR) is 105 cm³/mol. The van der Waals surface area contributed by atoms with Crippen molar-refractivity contribution < 1.29 is 18.4 Å². The number of amides is 2. The zero-order chi connectivity index (χ0) is 20.1. The second-order valence-corrected chi connectivity index (χ2v) is 7.36. The lowest BCUT2D eigenvalue weighted by molar-refractivity contribution is -0.129. The Balaban J connectivity index is 1.86. The second kappa shape index (κ2) is 8.97. The van der Waals surface area contributed by atoms with Crippen molar-refractivity contribution in [1.82, 2.24) is 10.2 Å². The van der Waals surface area contributed by atoms with E-state index < -0.39 is 5.25 Å². The molecule has 0 aromatic heterocycles. The first-order valence-corrected chi connectivity index (χ1v) is 9.67. The number of carbonyl (C=O) groups excluding carboxylic acids is 2. The zero-order valence-electron chi connectivity index (χ0n) is 15.2. The van der Waals surface area contributed by atoms with Gasteiger partial charge in [-0.3, -0.25) is 14.5 Å². The minimum atomic E-state index is -0.591. The van der Waals surface area contributed by atoms with Gasteiger partial charge in [0.05, 0.1) is 12.2 Å². The molecule has 1 heterocycles. The lowest BCUT2D eigenvalue weighted by atomic mass is 10.2. The Kier molecular flexibility index (Phi) is 6.41. The molecular formula is C20H19F2N3O2S. The van der Waals surface area contributed by atoms with Crippen LogP contribution >= 0.6 is 11.8 Å². The van der Waals surface area contributed by atoms with Gasteiger partial charge in [0, 0.05) is 13.0 Å². The number of aliphatic imine (C=N–C) groups is 1. The first kappa shape index (κ1) is 20.0. The number of carbonyl (C=O) groups is 2. The predicted octanol–water partition coefficient (Wildman–Crippen LogP) is 3.62. The SMILES string of the molecule is CCNC(=O)CC1SC(=Nc2ccc(F)cc2)N(Cc2ccc(F)cc2)C1=O. The molecule has 8 heteroatoms. The van der Waals surface area contributed by atoms with Crippen molar-refractivity contribution in [3.63, 3.8) is 0 Å². The number of rotatable bonds is 6.